The third kappa shape index (κ3) is 2.81. The largest absolute Gasteiger partial charge is 0.495 e. The molecule has 0 spiro atoms. The Labute approximate surface area is 86.4 Å². The van der Waals surface area contributed by atoms with Gasteiger partial charge in [-0.2, -0.15) is 5.26 Å². The fourth-order valence-electron chi connectivity index (χ4n) is 1.06. The summed E-state index contributed by atoms with van der Waals surface area (Å²) in [5.74, 6) is 0.454. The number of hydrogen-bond acceptors (Lipinski definition) is 4. The first kappa shape index (κ1) is 10.7. The molecule has 1 aromatic rings. The van der Waals surface area contributed by atoms with Gasteiger partial charge in [-0.25, -0.2) is 0 Å². The van der Waals surface area contributed by atoms with Crippen LogP contribution in [0, 0.1) is 21.4 Å². The van der Waals surface area contributed by atoms with E-state index in [2.05, 4.69) is 0 Å². The van der Waals surface area contributed by atoms with Gasteiger partial charge < -0.3 is 4.74 Å². The van der Waals surface area contributed by atoms with Gasteiger partial charge >= 0.3 is 0 Å². The fraction of sp³-hybridized carbons (Fsp3) is 0.100. The molecular weight excluding hydrogens is 196 g/mol. The first-order valence-corrected chi connectivity index (χ1v) is 4.07. The van der Waals surface area contributed by atoms with Crippen LogP contribution in [0.4, 0.5) is 0 Å². The van der Waals surface area contributed by atoms with E-state index in [4.69, 9.17) is 10.00 Å². The molecule has 0 N–H and O–H groups in total. The van der Waals surface area contributed by atoms with E-state index < -0.39 is 4.92 Å². The molecule has 0 atom stereocenters. The third-order valence-corrected chi connectivity index (χ3v) is 1.73. The number of methoxy groups -OCH3 is 1. The molecule has 0 radical (unpaired) electrons. The maximum Gasteiger partial charge on any atom is 0.235 e. The number of hydrogen-bond donors (Lipinski definition) is 0. The molecule has 0 heterocycles. The summed E-state index contributed by atoms with van der Waals surface area (Å²) in [4.78, 5) is 9.52. The molecular formula is C10H8N2O3. The van der Waals surface area contributed by atoms with Gasteiger partial charge in [0, 0.05) is 6.08 Å². The zero-order valence-corrected chi connectivity index (χ0v) is 8.01. The van der Waals surface area contributed by atoms with Gasteiger partial charge in [0.15, 0.2) is 0 Å². The minimum absolute atomic E-state index is 0.350. The van der Waals surface area contributed by atoms with Gasteiger partial charge in [-0.05, 0) is 17.7 Å². The van der Waals surface area contributed by atoms with Crippen molar-refractivity contribution < 1.29 is 9.66 Å². The normalized spacial score (nSPS) is 9.87. The van der Waals surface area contributed by atoms with Crippen molar-refractivity contribution in [2.75, 3.05) is 7.11 Å². The van der Waals surface area contributed by atoms with E-state index in [-0.39, 0.29) is 0 Å². The molecule has 5 heteroatoms. The fourth-order valence-corrected chi connectivity index (χ4v) is 1.06. The van der Waals surface area contributed by atoms with Crippen molar-refractivity contribution in [3.05, 3.63) is 45.6 Å². The maximum absolute atomic E-state index is 10.1. The summed E-state index contributed by atoms with van der Waals surface area (Å²) in [5, 5.41) is 18.8. The SMILES string of the molecule is COc1ccc(/C=C/[N+](=O)[O-])cc1C#N. The van der Waals surface area contributed by atoms with Crippen LogP contribution in [-0.2, 0) is 0 Å². The van der Waals surface area contributed by atoms with Crippen molar-refractivity contribution in [2.24, 2.45) is 0 Å². The first-order valence-electron chi connectivity index (χ1n) is 4.07. The quantitative estimate of drug-likeness (QED) is 0.555. The van der Waals surface area contributed by atoms with E-state index in [9.17, 15) is 10.1 Å². The highest BCUT2D eigenvalue weighted by Gasteiger charge is 2.02. The maximum atomic E-state index is 10.1. The van der Waals surface area contributed by atoms with Crippen molar-refractivity contribution in [2.45, 2.75) is 0 Å². The van der Waals surface area contributed by atoms with Gasteiger partial charge in [-0.1, -0.05) is 6.07 Å². The molecule has 0 aliphatic carbocycles. The Bertz CT molecular complexity index is 446. The lowest BCUT2D eigenvalue weighted by Gasteiger charge is -2.01. The van der Waals surface area contributed by atoms with Crippen molar-refractivity contribution in [3.8, 4) is 11.8 Å². The van der Waals surface area contributed by atoms with E-state index in [1.165, 1.54) is 19.3 Å². The second-order valence-corrected chi connectivity index (χ2v) is 2.67. The molecule has 0 aliphatic rings. The summed E-state index contributed by atoms with van der Waals surface area (Å²) in [6, 6.07) is 6.71. The summed E-state index contributed by atoms with van der Waals surface area (Å²) in [6.07, 6.45) is 2.14. The molecule has 0 aliphatic heterocycles. The number of nitrogens with zero attached hydrogens (tertiary/aromatic N) is 2. The number of nitro groups is 1. The number of benzene rings is 1. The van der Waals surface area contributed by atoms with Gasteiger partial charge in [-0.3, -0.25) is 10.1 Å². The molecule has 0 saturated carbocycles. The molecule has 1 aromatic carbocycles. The highest BCUT2D eigenvalue weighted by molar-refractivity contribution is 5.55. The van der Waals surface area contributed by atoms with Crippen LogP contribution in [0.25, 0.3) is 6.08 Å². The van der Waals surface area contributed by atoms with E-state index in [0.29, 0.717) is 16.9 Å². The van der Waals surface area contributed by atoms with Gasteiger partial charge in [-0.15, -0.1) is 0 Å². The molecule has 0 aromatic heterocycles. The predicted octanol–water partition coefficient (Wildman–Crippen LogP) is 1.81. The molecule has 76 valence electrons. The van der Waals surface area contributed by atoms with Gasteiger partial charge in [0.2, 0.25) is 6.20 Å². The topological polar surface area (TPSA) is 76.2 Å². The number of nitriles is 1. The van der Waals surface area contributed by atoms with Crippen molar-refractivity contribution in [1.29, 1.82) is 5.26 Å². The van der Waals surface area contributed by atoms with Crippen LogP contribution in [0.3, 0.4) is 0 Å². The lowest BCUT2D eigenvalue weighted by atomic mass is 10.1. The number of ether oxygens (including phenoxy) is 1. The van der Waals surface area contributed by atoms with Gasteiger partial charge in [0.1, 0.15) is 11.8 Å². The monoisotopic (exact) mass is 204 g/mol. The summed E-state index contributed by atoms with van der Waals surface area (Å²) in [5.41, 5.74) is 0.937. The Morgan fingerprint density at radius 2 is 2.33 bits per heavy atom. The van der Waals surface area contributed by atoms with E-state index in [1.54, 1.807) is 12.1 Å². The summed E-state index contributed by atoms with van der Waals surface area (Å²) in [7, 11) is 1.46. The molecule has 0 saturated heterocycles. The smallest absolute Gasteiger partial charge is 0.235 e. The minimum atomic E-state index is -0.559. The molecule has 0 bridgehead atoms. The zero-order chi connectivity index (χ0) is 11.3. The standard InChI is InChI=1S/C10H8N2O3/c1-15-10-3-2-8(4-5-12(13)14)6-9(10)7-11/h2-6H,1H3/b5-4+. The third-order valence-electron chi connectivity index (χ3n) is 1.73. The first-order chi connectivity index (χ1) is 7.17. The summed E-state index contributed by atoms with van der Waals surface area (Å²) < 4.78 is 4.94. The zero-order valence-electron chi connectivity index (χ0n) is 8.01. The van der Waals surface area contributed by atoms with Crippen LogP contribution in [0.15, 0.2) is 24.4 Å². The Hall–Kier alpha value is -2.35. The van der Waals surface area contributed by atoms with Crippen LogP contribution in [0.1, 0.15) is 11.1 Å². The van der Waals surface area contributed by atoms with Crippen LogP contribution < -0.4 is 4.74 Å². The van der Waals surface area contributed by atoms with Crippen LogP contribution in [0.5, 0.6) is 5.75 Å². The van der Waals surface area contributed by atoms with Crippen LogP contribution in [-0.4, -0.2) is 12.0 Å². The van der Waals surface area contributed by atoms with Crippen molar-refractivity contribution in [1.82, 2.24) is 0 Å². The molecule has 5 nitrogen and oxygen atoms in total. The highest BCUT2D eigenvalue weighted by Crippen LogP contribution is 2.19. The van der Waals surface area contributed by atoms with Gasteiger partial charge in [0.05, 0.1) is 17.6 Å². The van der Waals surface area contributed by atoms with Crippen molar-refractivity contribution in [3.63, 3.8) is 0 Å². The Kier molecular flexibility index (Phi) is 3.41. The minimum Gasteiger partial charge on any atom is -0.495 e. The average Bonchev–Trinajstić information content (AvgIpc) is 2.25. The molecule has 0 fully saturated rings. The van der Waals surface area contributed by atoms with E-state index in [1.807, 2.05) is 6.07 Å². The second-order valence-electron chi connectivity index (χ2n) is 2.67. The van der Waals surface area contributed by atoms with Gasteiger partial charge in [0.25, 0.3) is 0 Å². The Morgan fingerprint density at radius 3 is 2.87 bits per heavy atom. The molecule has 0 unspecified atom stereocenters. The Balaban J connectivity index is 3.04. The molecule has 0 amide bonds. The summed E-state index contributed by atoms with van der Waals surface area (Å²) >= 11 is 0. The van der Waals surface area contributed by atoms with E-state index in [0.717, 1.165) is 6.20 Å². The Morgan fingerprint density at radius 1 is 1.60 bits per heavy atom. The van der Waals surface area contributed by atoms with Crippen LogP contribution in [0.2, 0.25) is 0 Å². The van der Waals surface area contributed by atoms with Crippen molar-refractivity contribution >= 4 is 6.08 Å². The van der Waals surface area contributed by atoms with E-state index >= 15 is 0 Å². The summed E-state index contributed by atoms with van der Waals surface area (Å²) in [6.45, 7) is 0. The average molecular weight is 204 g/mol. The lowest BCUT2D eigenvalue weighted by molar-refractivity contribution is -0.400. The lowest BCUT2D eigenvalue weighted by Crippen LogP contribution is -1.88. The molecule has 15 heavy (non-hydrogen) atoms. The highest BCUT2D eigenvalue weighted by atomic mass is 16.6. The van der Waals surface area contributed by atoms with Crippen LogP contribution >= 0.6 is 0 Å². The second kappa shape index (κ2) is 4.77. The number of rotatable bonds is 3. The predicted molar refractivity (Wildman–Crippen MR) is 53.7 cm³/mol. The molecule has 1 rings (SSSR count).